The van der Waals surface area contributed by atoms with Crippen molar-refractivity contribution in [3.05, 3.63) is 109 Å². The van der Waals surface area contributed by atoms with Crippen molar-refractivity contribution in [2.45, 2.75) is 12.2 Å². The van der Waals surface area contributed by atoms with Crippen molar-refractivity contribution in [3.8, 4) is 0 Å². The number of hydrogen-bond acceptors (Lipinski definition) is 1. The predicted octanol–water partition coefficient (Wildman–Crippen LogP) is 6.14. The lowest BCUT2D eigenvalue weighted by Gasteiger charge is -2.23. The molecule has 0 spiro atoms. The van der Waals surface area contributed by atoms with E-state index in [-0.39, 0.29) is 12.2 Å². The Balaban J connectivity index is 2.36. The molecule has 0 aromatic heterocycles. The number of hydrogen-bond donors (Lipinski definition) is 0. The second kappa shape index (κ2) is 8.11. The lowest BCUT2D eigenvalue weighted by atomic mass is 9.99. The van der Waals surface area contributed by atoms with Gasteiger partial charge in [0.15, 0.2) is 0 Å². The van der Waals surface area contributed by atoms with Crippen molar-refractivity contribution in [1.82, 2.24) is 0 Å². The standard InChI is InChI=1S/C22H22O/c1-5-17-13-9-11-15-19(17)21(7-3)23-22(8-4)20-16-12-10-14-18(20)6-2/h5-16,21-22H,1-4H2. The van der Waals surface area contributed by atoms with E-state index in [0.29, 0.717) is 0 Å². The maximum Gasteiger partial charge on any atom is 0.102 e. The molecule has 0 bridgehead atoms. The Morgan fingerprint density at radius 1 is 0.652 bits per heavy atom. The van der Waals surface area contributed by atoms with E-state index in [4.69, 9.17) is 4.74 Å². The Labute approximate surface area is 138 Å². The van der Waals surface area contributed by atoms with Crippen LogP contribution in [0.15, 0.2) is 87.0 Å². The first kappa shape index (κ1) is 16.7. The third-order valence-corrected chi connectivity index (χ3v) is 3.77. The van der Waals surface area contributed by atoms with E-state index in [1.54, 1.807) is 12.2 Å². The van der Waals surface area contributed by atoms with E-state index in [0.717, 1.165) is 22.3 Å². The van der Waals surface area contributed by atoms with Crippen molar-refractivity contribution in [3.63, 3.8) is 0 Å². The molecule has 2 rings (SSSR count). The van der Waals surface area contributed by atoms with Gasteiger partial charge in [0.1, 0.15) is 12.2 Å². The second-order valence-electron chi connectivity index (χ2n) is 5.11. The molecular weight excluding hydrogens is 280 g/mol. The molecular formula is C22H22O. The summed E-state index contributed by atoms with van der Waals surface area (Å²) < 4.78 is 6.27. The Hall–Kier alpha value is -2.64. The summed E-state index contributed by atoms with van der Waals surface area (Å²) in [5, 5.41) is 0. The zero-order chi connectivity index (χ0) is 16.7. The Kier molecular flexibility index (Phi) is 5.90. The number of ether oxygens (including phenoxy) is 1. The molecule has 2 atom stereocenters. The van der Waals surface area contributed by atoms with Gasteiger partial charge in [-0.05, 0) is 22.3 Å². The summed E-state index contributed by atoms with van der Waals surface area (Å²) in [6.07, 6.45) is 6.77. The van der Waals surface area contributed by atoms with E-state index in [1.807, 2.05) is 60.7 Å². The second-order valence-corrected chi connectivity index (χ2v) is 5.11. The summed E-state index contributed by atoms with van der Waals surface area (Å²) in [7, 11) is 0. The van der Waals surface area contributed by atoms with Crippen LogP contribution in [0.2, 0.25) is 0 Å². The topological polar surface area (TPSA) is 9.23 Å². The molecule has 0 fully saturated rings. The van der Waals surface area contributed by atoms with Crippen LogP contribution in [0.3, 0.4) is 0 Å². The minimum absolute atomic E-state index is 0.245. The lowest BCUT2D eigenvalue weighted by molar-refractivity contribution is 0.0401. The average molecular weight is 302 g/mol. The Bertz CT molecular complexity index is 650. The maximum atomic E-state index is 6.27. The molecule has 1 heteroatoms. The predicted molar refractivity (Wildman–Crippen MR) is 100 cm³/mol. The molecule has 0 aliphatic carbocycles. The normalized spacial score (nSPS) is 12.9. The highest BCUT2D eigenvalue weighted by Crippen LogP contribution is 2.32. The molecule has 2 aromatic rings. The summed E-state index contributed by atoms with van der Waals surface area (Å²) in [5.41, 5.74) is 4.16. The minimum atomic E-state index is -0.245. The fraction of sp³-hybridized carbons (Fsp3) is 0.0909. The molecule has 23 heavy (non-hydrogen) atoms. The Morgan fingerprint density at radius 2 is 1.04 bits per heavy atom. The zero-order valence-electron chi connectivity index (χ0n) is 13.3. The minimum Gasteiger partial charge on any atom is -0.357 e. The van der Waals surface area contributed by atoms with Gasteiger partial charge in [0, 0.05) is 0 Å². The molecule has 0 N–H and O–H groups in total. The first-order chi connectivity index (χ1) is 11.2. The van der Waals surface area contributed by atoms with Crippen LogP contribution in [0.25, 0.3) is 12.2 Å². The van der Waals surface area contributed by atoms with Gasteiger partial charge in [-0.1, -0.05) is 86.0 Å². The highest BCUT2D eigenvalue weighted by Gasteiger charge is 2.18. The molecule has 0 heterocycles. The fourth-order valence-electron chi connectivity index (χ4n) is 2.58. The van der Waals surface area contributed by atoms with Gasteiger partial charge < -0.3 is 4.74 Å². The van der Waals surface area contributed by atoms with Crippen LogP contribution in [-0.2, 0) is 4.74 Å². The number of benzene rings is 2. The van der Waals surface area contributed by atoms with Crippen molar-refractivity contribution in [2.75, 3.05) is 0 Å². The third-order valence-electron chi connectivity index (χ3n) is 3.77. The van der Waals surface area contributed by atoms with Crippen molar-refractivity contribution in [1.29, 1.82) is 0 Å². The molecule has 2 aromatic carbocycles. The highest BCUT2D eigenvalue weighted by atomic mass is 16.5. The van der Waals surface area contributed by atoms with Gasteiger partial charge in [0.2, 0.25) is 0 Å². The van der Waals surface area contributed by atoms with Crippen LogP contribution in [-0.4, -0.2) is 0 Å². The molecule has 2 unspecified atom stereocenters. The molecule has 1 nitrogen and oxygen atoms in total. The van der Waals surface area contributed by atoms with E-state index in [2.05, 4.69) is 26.3 Å². The quantitative estimate of drug-likeness (QED) is 0.532. The number of rotatable bonds is 8. The summed E-state index contributed by atoms with van der Waals surface area (Å²) >= 11 is 0. The third kappa shape index (κ3) is 3.77. The van der Waals surface area contributed by atoms with Crippen LogP contribution < -0.4 is 0 Å². The van der Waals surface area contributed by atoms with E-state index < -0.39 is 0 Å². The van der Waals surface area contributed by atoms with Gasteiger partial charge in [-0.3, -0.25) is 0 Å². The molecule has 116 valence electrons. The van der Waals surface area contributed by atoms with Gasteiger partial charge in [0.05, 0.1) is 0 Å². The average Bonchev–Trinajstić information content (AvgIpc) is 2.63. The van der Waals surface area contributed by atoms with Crippen molar-refractivity contribution in [2.24, 2.45) is 0 Å². The monoisotopic (exact) mass is 302 g/mol. The summed E-state index contributed by atoms with van der Waals surface area (Å²) in [5.74, 6) is 0. The molecule has 0 aliphatic rings. The van der Waals surface area contributed by atoms with Crippen molar-refractivity contribution < 1.29 is 4.74 Å². The van der Waals surface area contributed by atoms with E-state index in [9.17, 15) is 0 Å². The summed E-state index contributed by atoms with van der Waals surface area (Å²) in [6.45, 7) is 15.6. The Morgan fingerprint density at radius 3 is 1.39 bits per heavy atom. The van der Waals surface area contributed by atoms with Gasteiger partial charge in [-0.15, -0.1) is 13.2 Å². The van der Waals surface area contributed by atoms with E-state index in [1.165, 1.54) is 0 Å². The van der Waals surface area contributed by atoms with Crippen LogP contribution >= 0.6 is 0 Å². The first-order valence-corrected chi connectivity index (χ1v) is 7.58. The van der Waals surface area contributed by atoms with Crippen LogP contribution in [0.5, 0.6) is 0 Å². The smallest absolute Gasteiger partial charge is 0.102 e. The molecule has 0 radical (unpaired) electrons. The summed E-state index contributed by atoms with van der Waals surface area (Å²) in [4.78, 5) is 0. The van der Waals surface area contributed by atoms with Crippen LogP contribution in [0, 0.1) is 0 Å². The van der Waals surface area contributed by atoms with Crippen LogP contribution in [0.4, 0.5) is 0 Å². The molecule has 0 aliphatic heterocycles. The van der Waals surface area contributed by atoms with Crippen molar-refractivity contribution >= 4 is 12.2 Å². The summed E-state index contributed by atoms with van der Waals surface area (Å²) in [6, 6.07) is 16.0. The van der Waals surface area contributed by atoms with E-state index >= 15 is 0 Å². The first-order valence-electron chi connectivity index (χ1n) is 7.58. The molecule has 0 saturated carbocycles. The largest absolute Gasteiger partial charge is 0.357 e. The SMILES string of the molecule is C=Cc1ccccc1C(C=C)OC(C=C)c1ccccc1C=C. The lowest BCUT2D eigenvalue weighted by Crippen LogP contribution is -2.09. The van der Waals surface area contributed by atoms with Crippen LogP contribution in [0.1, 0.15) is 34.5 Å². The molecule has 0 saturated heterocycles. The fourth-order valence-corrected chi connectivity index (χ4v) is 2.58. The van der Waals surface area contributed by atoms with Gasteiger partial charge >= 0.3 is 0 Å². The van der Waals surface area contributed by atoms with Gasteiger partial charge in [0.25, 0.3) is 0 Å². The zero-order valence-corrected chi connectivity index (χ0v) is 13.3. The highest BCUT2D eigenvalue weighted by molar-refractivity contribution is 5.54. The maximum absolute atomic E-state index is 6.27. The van der Waals surface area contributed by atoms with Gasteiger partial charge in [-0.25, -0.2) is 0 Å². The van der Waals surface area contributed by atoms with Gasteiger partial charge in [-0.2, -0.15) is 0 Å². The molecule has 0 amide bonds.